The summed E-state index contributed by atoms with van der Waals surface area (Å²) in [4.78, 5) is 4.68. The second kappa shape index (κ2) is 12.7. The van der Waals surface area contributed by atoms with Gasteiger partial charge < -0.3 is 29.4 Å². The molecule has 0 fully saturated rings. The van der Waals surface area contributed by atoms with E-state index < -0.39 is 0 Å². The third-order valence-electron chi connectivity index (χ3n) is 4.37. The fourth-order valence-corrected chi connectivity index (χ4v) is 2.47. The summed E-state index contributed by atoms with van der Waals surface area (Å²) < 4.78 is 17.6. The van der Waals surface area contributed by atoms with E-state index in [4.69, 9.17) is 14.2 Å². The summed E-state index contributed by atoms with van der Waals surface area (Å²) in [5.41, 5.74) is 1.10. The van der Waals surface area contributed by atoms with Crippen LogP contribution in [-0.4, -0.2) is 61.3 Å². The Kier molecular flexibility index (Phi) is 9.94. The molecule has 9 heteroatoms. The van der Waals surface area contributed by atoms with Gasteiger partial charge in [-0.05, 0) is 31.0 Å². The second-order valence-electron chi connectivity index (χ2n) is 6.47. The normalized spacial score (nSPS) is 11.5. The highest BCUT2D eigenvalue weighted by Gasteiger charge is 2.06. The molecular formula is C20H32N6O3. The van der Waals surface area contributed by atoms with Crippen molar-refractivity contribution in [3.8, 4) is 5.75 Å². The van der Waals surface area contributed by atoms with Crippen LogP contribution in [0.5, 0.6) is 5.75 Å². The van der Waals surface area contributed by atoms with E-state index in [1.807, 2.05) is 42.8 Å². The first-order valence-electron chi connectivity index (χ1n) is 9.70. The number of guanidine groups is 1. The zero-order chi connectivity index (χ0) is 20.9. The van der Waals surface area contributed by atoms with Gasteiger partial charge in [0.05, 0.1) is 33.4 Å². The molecule has 2 aromatic rings. The fraction of sp³-hybridized carbons (Fsp3) is 0.550. The molecule has 1 aromatic heterocycles. The minimum absolute atomic E-state index is 0.538. The quantitative estimate of drug-likeness (QED) is 0.314. The Labute approximate surface area is 172 Å². The number of benzene rings is 1. The maximum absolute atomic E-state index is 5.50. The SMILES string of the molecule is COCCOCCCNC(=NCc1ccc(OC)cc1)NCc1nnc(C)n1C. The maximum atomic E-state index is 5.50. The van der Waals surface area contributed by atoms with E-state index in [-0.39, 0.29) is 0 Å². The first-order valence-corrected chi connectivity index (χ1v) is 9.70. The van der Waals surface area contributed by atoms with Crippen molar-refractivity contribution in [3.63, 3.8) is 0 Å². The predicted octanol–water partition coefficient (Wildman–Crippen LogP) is 1.42. The van der Waals surface area contributed by atoms with Gasteiger partial charge >= 0.3 is 0 Å². The molecule has 0 aliphatic carbocycles. The number of methoxy groups -OCH3 is 2. The van der Waals surface area contributed by atoms with Crippen molar-refractivity contribution >= 4 is 5.96 Å². The smallest absolute Gasteiger partial charge is 0.191 e. The molecule has 29 heavy (non-hydrogen) atoms. The summed E-state index contributed by atoms with van der Waals surface area (Å²) in [6.07, 6.45) is 0.871. The van der Waals surface area contributed by atoms with E-state index in [1.54, 1.807) is 14.2 Å². The Balaban J connectivity index is 1.89. The van der Waals surface area contributed by atoms with Gasteiger partial charge in [-0.2, -0.15) is 0 Å². The molecule has 0 radical (unpaired) electrons. The molecule has 1 aromatic carbocycles. The van der Waals surface area contributed by atoms with Crippen LogP contribution >= 0.6 is 0 Å². The number of rotatable bonds is 12. The third kappa shape index (κ3) is 8.08. The van der Waals surface area contributed by atoms with E-state index in [1.165, 1.54) is 0 Å². The van der Waals surface area contributed by atoms with Crippen molar-refractivity contribution in [1.82, 2.24) is 25.4 Å². The Bertz CT molecular complexity index is 745. The Morgan fingerprint density at radius 1 is 1.07 bits per heavy atom. The first kappa shape index (κ1) is 22.6. The van der Waals surface area contributed by atoms with Crippen LogP contribution in [0, 0.1) is 6.92 Å². The van der Waals surface area contributed by atoms with Gasteiger partial charge in [0.25, 0.3) is 0 Å². The van der Waals surface area contributed by atoms with Gasteiger partial charge in [0.15, 0.2) is 11.8 Å². The Morgan fingerprint density at radius 3 is 2.52 bits per heavy atom. The molecule has 0 aliphatic rings. The Hall–Kier alpha value is -2.65. The lowest BCUT2D eigenvalue weighted by Crippen LogP contribution is -2.38. The molecule has 0 atom stereocenters. The van der Waals surface area contributed by atoms with E-state index in [9.17, 15) is 0 Å². The van der Waals surface area contributed by atoms with Crippen LogP contribution in [0.15, 0.2) is 29.3 Å². The van der Waals surface area contributed by atoms with Crippen LogP contribution in [0.4, 0.5) is 0 Å². The van der Waals surface area contributed by atoms with Crippen LogP contribution in [0.2, 0.25) is 0 Å². The highest BCUT2D eigenvalue weighted by atomic mass is 16.5. The molecule has 160 valence electrons. The highest BCUT2D eigenvalue weighted by molar-refractivity contribution is 5.79. The van der Waals surface area contributed by atoms with Gasteiger partial charge in [-0.3, -0.25) is 0 Å². The topological polar surface area (TPSA) is 94.8 Å². The molecule has 0 unspecified atom stereocenters. The van der Waals surface area contributed by atoms with Gasteiger partial charge in [-0.25, -0.2) is 4.99 Å². The molecule has 9 nitrogen and oxygen atoms in total. The zero-order valence-electron chi connectivity index (χ0n) is 17.8. The van der Waals surface area contributed by atoms with Gasteiger partial charge in [0.1, 0.15) is 11.6 Å². The van der Waals surface area contributed by atoms with Crippen molar-refractivity contribution in [2.45, 2.75) is 26.4 Å². The fourth-order valence-electron chi connectivity index (χ4n) is 2.47. The van der Waals surface area contributed by atoms with Crippen LogP contribution in [0.3, 0.4) is 0 Å². The Morgan fingerprint density at radius 2 is 1.86 bits per heavy atom. The van der Waals surface area contributed by atoms with E-state index in [0.29, 0.717) is 32.9 Å². The summed E-state index contributed by atoms with van der Waals surface area (Å²) in [6.45, 7) is 5.66. The predicted molar refractivity (Wildman–Crippen MR) is 112 cm³/mol. The summed E-state index contributed by atoms with van der Waals surface area (Å²) in [5.74, 6) is 3.28. The summed E-state index contributed by atoms with van der Waals surface area (Å²) in [6, 6.07) is 7.89. The van der Waals surface area contributed by atoms with E-state index >= 15 is 0 Å². The molecule has 0 saturated carbocycles. The van der Waals surface area contributed by atoms with Crippen molar-refractivity contribution in [1.29, 1.82) is 0 Å². The van der Waals surface area contributed by atoms with Crippen molar-refractivity contribution in [3.05, 3.63) is 41.5 Å². The third-order valence-corrected chi connectivity index (χ3v) is 4.37. The number of aromatic nitrogens is 3. The van der Waals surface area contributed by atoms with Crippen LogP contribution in [0.25, 0.3) is 0 Å². The molecule has 2 N–H and O–H groups in total. The summed E-state index contributed by atoms with van der Waals surface area (Å²) >= 11 is 0. The lowest BCUT2D eigenvalue weighted by atomic mass is 10.2. The number of aryl methyl sites for hydroxylation is 1. The molecule has 0 aliphatic heterocycles. The monoisotopic (exact) mass is 404 g/mol. The number of hydrogen-bond donors (Lipinski definition) is 2. The summed E-state index contributed by atoms with van der Waals surface area (Å²) in [7, 11) is 5.28. The lowest BCUT2D eigenvalue weighted by molar-refractivity contribution is 0.0698. The lowest BCUT2D eigenvalue weighted by Gasteiger charge is -2.13. The highest BCUT2D eigenvalue weighted by Crippen LogP contribution is 2.11. The molecule has 0 amide bonds. The van der Waals surface area contributed by atoms with Gasteiger partial charge in [-0.1, -0.05) is 12.1 Å². The van der Waals surface area contributed by atoms with Gasteiger partial charge in [0.2, 0.25) is 0 Å². The minimum Gasteiger partial charge on any atom is -0.497 e. The minimum atomic E-state index is 0.538. The van der Waals surface area contributed by atoms with Crippen molar-refractivity contribution < 1.29 is 14.2 Å². The molecule has 0 saturated heterocycles. The van der Waals surface area contributed by atoms with Crippen LogP contribution in [0.1, 0.15) is 23.6 Å². The van der Waals surface area contributed by atoms with Crippen LogP contribution < -0.4 is 15.4 Å². The number of hydrogen-bond acceptors (Lipinski definition) is 6. The van der Waals surface area contributed by atoms with Gasteiger partial charge in [0, 0.05) is 27.3 Å². The standard InChI is InChI=1S/C20H32N6O3/c1-16-24-25-19(26(16)2)15-23-20(21-10-5-11-29-13-12-27-3)22-14-17-6-8-18(28-4)9-7-17/h6-9H,5,10-15H2,1-4H3,(H2,21,22,23). The average molecular weight is 405 g/mol. The largest absolute Gasteiger partial charge is 0.497 e. The molecule has 0 bridgehead atoms. The second-order valence-corrected chi connectivity index (χ2v) is 6.47. The molecule has 2 rings (SSSR count). The van der Waals surface area contributed by atoms with Gasteiger partial charge in [-0.15, -0.1) is 10.2 Å². The van der Waals surface area contributed by atoms with E-state index in [0.717, 1.165) is 41.9 Å². The van der Waals surface area contributed by atoms with Crippen molar-refractivity contribution in [2.75, 3.05) is 40.6 Å². The number of aliphatic imine (C=N–C) groups is 1. The summed E-state index contributed by atoms with van der Waals surface area (Å²) in [5, 5.41) is 14.9. The van der Waals surface area contributed by atoms with Crippen LogP contribution in [-0.2, 0) is 29.6 Å². The number of nitrogens with zero attached hydrogens (tertiary/aromatic N) is 4. The maximum Gasteiger partial charge on any atom is 0.191 e. The van der Waals surface area contributed by atoms with Crippen molar-refractivity contribution in [2.24, 2.45) is 12.0 Å². The zero-order valence-corrected chi connectivity index (χ0v) is 17.8. The number of ether oxygens (including phenoxy) is 3. The molecular weight excluding hydrogens is 372 g/mol. The number of nitrogens with one attached hydrogen (secondary N) is 2. The van der Waals surface area contributed by atoms with E-state index in [2.05, 4.69) is 25.8 Å². The first-order chi connectivity index (χ1) is 14.1. The molecule has 1 heterocycles. The average Bonchev–Trinajstić information content (AvgIpc) is 3.07. The molecule has 0 spiro atoms.